The molecular weight excluding hydrogens is 412 g/mol. The van der Waals surface area contributed by atoms with Crippen LogP contribution in [0.4, 0.5) is 5.69 Å². The first-order valence-corrected chi connectivity index (χ1v) is 11.0. The lowest BCUT2D eigenvalue weighted by Gasteiger charge is -2.13. The molecule has 0 saturated heterocycles. The van der Waals surface area contributed by atoms with E-state index in [1.165, 1.54) is 32.7 Å². The molecular formula is C32H20N2. The van der Waals surface area contributed by atoms with Gasteiger partial charge in [-0.3, -0.25) is 0 Å². The summed E-state index contributed by atoms with van der Waals surface area (Å²) in [6.07, 6.45) is 8.55. The van der Waals surface area contributed by atoms with E-state index in [2.05, 4.69) is 83.7 Å². The molecule has 0 spiro atoms. The molecule has 34 heavy (non-hydrogen) atoms. The minimum Gasteiger partial charge on any atom is -0.238 e. The van der Waals surface area contributed by atoms with E-state index in [1.54, 1.807) is 0 Å². The Labute approximate surface area is 199 Å². The highest BCUT2D eigenvalue weighted by molar-refractivity contribution is 6.14. The Morgan fingerprint density at radius 3 is 1.35 bits per heavy atom. The van der Waals surface area contributed by atoms with Crippen LogP contribution in [0.5, 0.6) is 0 Å². The molecule has 5 rings (SSSR count). The third kappa shape index (κ3) is 4.09. The molecule has 0 bridgehead atoms. The van der Waals surface area contributed by atoms with Crippen molar-refractivity contribution in [3.63, 3.8) is 0 Å². The molecule has 2 heteroatoms. The van der Waals surface area contributed by atoms with Crippen LogP contribution in [0.3, 0.4) is 0 Å². The fourth-order valence-electron chi connectivity index (χ4n) is 4.24. The first-order chi connectivity index (χ1) is 16.8. The SMILES string of the molecule is [C-]#[N+]c1ccc(/C=C/c2c3ccccc3c(/C=C/c3ccc(C#N)cc3)c3ccccc23)cc1. The molecule has 2 nitrogen and oxygen atoms in total. The van der Waals surface area contributed by atoms with Crippen LogP contribution in [-0.2, 0) is 0 Å². The third-order valence-electron chi connectivity index (χ3n) is 5.96. The van der Waals surface area contributed by atoms with Gasteiger partial charge in [-0.2, -0.15) is 5.26 Å². The Morgan fingerprint density at radius 1 is 0.559 bits per heavy atom. The number of hydrogen-bond acceptors (Lipinski definition) is 1. The highest BCUT2D eigenvalue weighted by Gasteiger charge is 2.10. The van der Waals surface area contributed by atoms with E-state index < -0.39 is 0 Å². The normalized spacial score (nSPS) is 11.2. The first-order valence-electron chi connectivity index (χ1n) is 11.0. The number of benzene rings is 5. The molecule has 0 radical (unpaired) electrons. The average Bonchev–Trinajstić information content (AvgIpc) is 2.91. The van der Waals surface area contributed by atoms with Crippen molar-refractivity contribution in [3.05, 3.63) is 136 Å². The Balaban J connectivity index is 1.66. The zero-order valence-electron chi connectivity index (χ0n) is 18.4. The fraction of sp³-hybridized carbons (Fsp3) is 0. The van der Waals surface area contributed by atoms with Crippen molar-refractivity contribution < 1.29 is 0 Å². The summed E-state index contributed by atoms with van der Waals surface area (Å²) in [4.78, 5) is 3.47. The first kappa shape index (κ1) is 21.0. The maximum absolute atomic E-state index is 9.05. The molecule has 0 N–H and O–H groups in total. The van der Waals surface area contributed by atoms with E-state index in [0.29, 0.717) is 11.3 Å². The zero-order valence-corrected chi connectivity index (χ0v) is 18.4. The van der Waals surface area contributed by atoms with Gasteiger partial charge in [-0.05, 0) is 55.9 Å². The summed E-state index contributed by atoms with van der Waals surface area (Å²) in [6, 6.07) is 34.4. The van der Waals surface area contributed by atoms with Gasteiger partial charge in [0.15, 0.2) is 5.69 Å². The van der Waals surface area contributed by atoms with Crippen molar-refractivity contribution in [1.82, 2.24) is 0 Å². The molecule has 0 fully saturated rings. The van der Waals surface area contributed by atoms with Crippen molar-refractivity contribution in [1.29, 1.82) is 5.26 Å². The number of nitriles is 1. The van der Waals surface area contributed by atoms with Crippen molar-refractivity contribution in [2.24, 2.45) is 0 Å². The van der Waals surface area contributed by atoms with Crippen molar-refractivity contribution in [3.8, 4) is 6.07 Å². The topological polar surface area (TPSA) is 28.1 Å². The highest BCUT2D eigenvalue weighted by atomic mass is 14.6. The van der Waals surface area contributed by atoms with Crippen LogP contribution in [0.2, 0.25) is 0 Å². The van der Waals surface area contributed by atoms with Crippen LogP contribution >= 0.6 is 0 Å². The number of nitrogens with zero attached hydrogens (tertiary/aromatic N) is 2. The van der Waals surface area contributed by atoms with Gasteiger partial charge in [-0.15, -0.1) is 0 Å². The van der Waals surface area contributed by atoms with E-state index in [-0.39, 0.29) is 0 Å². The summed E-state index contributed by atoms with van der Waals surface area (Å²) < 4.78 is 0. The molecule has 5 aromatic rings. The second-order valence-electron chi connectivity index (χ2n) is 8.02. The average molecular weight is 433 g/mol. The van der Waals surface area contributed by atoms with Gasteiger partial charge in [0.1, 0.15) is 0 Å². The molecule has 5 aromatic carbocycles. The van der Waals surface area contributed by atoms with Gasteiger partial charge < -0.3 is 0 Å². The Hall–Kier alpha value is -4.92. The van der Waals surface area contributed by atoms with Gasteiger partial charge >= 0.3 is 0 Å². The Bertz CT molecular complexity index is 1460. The van der Waals surface area contributed by atoms with E-state index in [1.807, 2.05) is 48.5 Å². The number of hydrogen-bond donors (Lipinski definition) is 0. The summed E-state index contributed by atoms with van der Waals surface area (Å²) >= 11 is 0. The van der Waals surface area contributed by atoms with Crippen LogP contribution in [-0.4, -0.2) is 0 Å². The van der Waals surface area contributed by atoms with E-state index in [0.717, 1.165) is 11.1 Å². The maximum atomic E-state index is 9.05. The predicted octanol–water partition coefficient (Wildman–Crippen LogP) is 8.76. The van der Waals surface area contributed by atoms with Crippen LogP contribution in [0.15, 0.2) is 97.1 Å². The molecule has 0 unspecified atom stereocenters. The summed E-state index contributed by atoms with van der Waals surface area (Å²) in [7, 11) is 0. The largest absolute Gasteiger partial charge is 0.238 e. The molecule has 0 atom stereocenters. The summed E-state index contributed by atoms with van der Waals surface area (Å²) in [5.41, 5.74) is 5.77. The lowest BCUT2D eigenvalue weighted by Crippen LogP contribution is -1.88. The third-order valence-corrected chi connectivity index (χ3v) is 5.96. The molecule has 0 saturated carbocycles. The van der Waals surface area contributed by atoms with Crippen molar-refractivity contribution in [2.75, 3.05) is 0 Å². The van der Waals surface area contributed by atoms with Gasteiger partial charge in [-0.25, -0.2) is 4.85 Å². The second-order valence-corrected chi connectivity index (χ2v) is 8.02. The van der Waals surface area contributed by atoms with Crippen molar-refractivity contribution >= 4 is 51.5 Å². The molecule has 0 amide bonds. The standard InChI is InChI=1S/C32H20N2/c1-34-26-18-14-24(15-19-26)17-21-32-29-8-4-2-6-27(29)31(28-7-3-5-9-30(28)32)20-16-23-10-12-25(22-33)13-11-23/h2-21H/b20-16+,21-17+. The van der Waals surface area contributed by atoms with Gasteiger partial charge in [-0.1, -0.05) is 109 Å². The molecule has 158 valence electrons. The van der Waals surface area contributed by atoms with Crippen LogP contribution in [0, 0.1) is 17.9 Å². The lowest BCUT2D eigenvalue weighted by atomic mass is 9.91. The minimum absolute atomic E-state index is 0.645. The highest BCUT2D eigenvalue weighted by Crippen LogP contribution is 2.35. The molecule has 0 aliphatic carbocycles. The summed E-state index contributed by atoms with van der Waals surface area (Å²) in [5.74, 6) is 0. The van der Waals surface area contributed by atoms with Crippen molar-refractivity contribution in [2.45, 2.75) is 0 Å². The zero-order chi connectivity index (χ0) is 23.3. The summed E-state index contributed by atoms with van der Waals surface area (Å²) in [6.45, 7) is 7.15. The van der Waals surface area contributed by atoms with E-state index >= 15 is 0 Å². The molecule has 0 aliphatic rings. The summed E-state index contributed by atoms with van der Waals surface area (Å²) in [5, 5.41) is 13.8. The number of fused-ring (bicyclic) bond motifs is 2. The van der Waals surface area contributed by atoms with Crippen LogP contribution in [0.25, 0.3) is 50.7 Å². The van der Waals surface area contributed by atoms with Crippen LogP contribution < -0.4 is 0 Å². The smallest absolute Gasteiger partial charge is 0.187 e. The van der Waals surface area contributed by atoms with E-state index in [4.69, 9.17) is 11.8 Å². The second kappa shape index (κ2) is 9.29. The maximum Gasteiger partial charge on any atom is 0.187 e. The van der Waals surface area contributed by atoms with Gasteiger partial charge in [0, 0.05) is 0 Å². The number of rotatable bonds is 4. The monoisotopic (exact) mass is 432 g/mol. The van der Waals surface area contributed by atoms with Gasteiger partial charge in [0.05, 0.1) is 18.2 Å². The molecule has 0 aliphatic heterocycles. The van der Waals surface area contributed by atoms with Gasteiger partial charge in [0.2, 0.25) is 0 Å². The quantitative estimate of drug-likeness (QED) is 0.158. The van der Waals surface area contributed by atoms with Crippen LogP contribution in [0.1, 0.15) is 27.8 Å². The molecule has 0 aromatic heterocycles. The van der Waals surface area contributed by atoms with Gasteiger partial charge in [0.25, 0.3) is 0 Å². The lowest BCUT2D eigenvalue weighted by molar-refractivity contribution is 1.48. The predicted molar refractivity (Wildman–Crippen MR) is 143 cm³/mol. The van der Waals surface area contributed by atoms with E-state index in [9.17, 15) is 0 Å². The Kier molecular flexibility index (Phi) is 5.73. The molecule has 0 heterocycles. The fourth-order valence-corrected chi connectivity index (χ4v) is 4.24. The minimum atomic E-state index is 0.645. The Morgan fingerprint density at radius 2 is 0.971 bits per heavy atom.